The summed E-state index contributed by atoms with van der Waals surface area (Å²) < 4.78 is 0.659. The molecule has 2 amide bonds. The van der Waals surface area contributed by atoms with Crippen LogP contribution in [0.15, 0.2) is 53.0 Å². The van der Waals surface area contributed by atoms with Crippen molar-refractivity contribution >= 4 is 39.1 Å². The van der Waals surface area contributed by atoms with Gasteiger partial charge >= 0.3 is 0 Å². The Hall–Kier alpha value is -2.93. The van der Waals surface area contributed by atoms with Crippen LogP contribution in [0.4, 0.5) is 11.4 Å². The average molecular weight is 441 g/mol. The zero-order chi connectivity index (χ0) is 20.3. The largest absolute Gasteiger partial charge is 0.322 e. The molecule has 7 heteroatoms. The lowest BCUT2D eigenvalue weighted by atomic mass is 10.1. The summed E-state index contributed by atoms with van der Waals surface area (Å²) >= 11 is 3.45. The first kappa shape index (κ1) is 19.8. The highest BCUT2D eigenvalue weighted by atomic mass is 79.9. The van der Waals surface area contributed by atoms with E-state index in [0.717, 1.165) is 11.3 Å². The van der Waals surface area contributed by atoms with Gasteiger partial charge in [0.25, 0.3) is 11.8 Å². The quantitative estimate of drug-likeness (QED) is 0.514. The Morgan fingerprint density at radius 2 is 1.75 bits per heavy atom. The van der Waals surface area contributed by atoms with Crippen molar-refractivity contribution in [2.24, 2.45) is 0 Å². The molecule has 2 aromatic carbocycles. The molecule has 144 valence electrons. The number of benzene rings is 2. The molecule has 6 nitrogen and oxygen atoms in total. The molecule has 0 aliphatic carbocycles. The number of hydrogen-bond donors (Lipinski definition) is 3. The summed E-state index contributed by atoms with van der Waals surface area (Å²) in [5, 5.41) is 12.7. The van der Waals surface area contributed by atoms with Crippen LogP contribution in [0.3, 0.4) is 0 Å². The highest BCUT2D eigenvalue weighted by molar-refractivity contribution is 9.10. The average Bonchev–Trinajstić information content (AvgIpc) is 3.07. The number of amides is 2. The van der Waals surface area contributed by atoms with Crippen molar-refractivity contribution in [3.05, 3.63) is 75.5 Å². The zero-order valence-electron chi connectivity index (χ0n) is 15.8. The second-order valence-corrected chi connectivity index (χ2v) is 7.55. The number of H-pyrrole nitrogens is 1. The molecule has 0 atom stereocenters. The van der Waals surface area contributed by atoms with Crippen molar-refractivity contribution in [1.82, 2.24) is 10.2 Å². The summed E-state index contributed by atoms with van der Waals surface area (Å²) in [6.45, 7) is 5.92. The summed E-state index contributed by atoms with van der Waals surface area (Å²) in [4.78, 5) is 25.0. The number of nitrogens with one attached hydrogen (secondary N) is 3. The van der Waals surface area contributed by atoms with Gasteiger partial charge in [-0.2, -0.15) is 5.10 Å². The van der Waals surface area contributed by atoms with E-state index >= 15 is 0 Å². The number of anilines is 2. The summed E-state index contributed by atoms with van der Waals surface area (Å²) in [6, 6.07) is 14.3. The third kappa shape index (κ3) is 4.31. The van der Waals surface area contributed by atoms with Crippen molar-refractivity contribution in [2.75, 3.05) is 10.6 Å². The fourth-order valence-corrected chi connectivity index (χ4v) is 3.50. The van der Waals surface area contributed by atoms with Gasteiger partial charge < -0.3 is 10.6 Å². The Bertz CT molecular complexity index is 1010. The lowest BCUT2D eigenvalue weighted by Crippen LogP contribution is -2.15. The number of rotatable bonds is 5. The second kappa shape index (κ2) is 8.39. The molecule has 0 spiro atoms. The standard InChI is InChI=1S/C21H21BrN4O2/c1-12(2)18-17(22)19(26-25-18)21(28)24-16-11-15(10-9-13(16)3)23-20(27)14-7-5-4-6-8-14/h4-12H,1-3H3,(H,23,27)(H,24,28)(H,25,26). The molecule has 0 unspecified atom stereocenters. The van der Waals surface area contributed by atoms with Crippen molar-refractivity contribution < 1.29 is 9.59 Å². The van der Waals surface area contributed by atoms with Gasteiger partial charge in [-0.25, -0.2) is 0 Å². The van der Waals surface area contributed by atoms with Gasteiger partial charge in [-0.3, -0.25) is 14.7 Å². The predicted octanol–water partition coefficient (Wildman–Crippen LogP) is 5.11. The van der Waals surface area contributed by atoms with Gasteiger partial charge in [0.15, 0.2) is 5.69 Å². The van der Waals surface area contributed by atoms with Crippen molar-refractivity contribution in [2.45, 2.75) is 26.7 Å². The fraction of sp³-hybridized carbons (Fsp3) is 0.190. The summed E-state index contributed by atoms with van der Waals surface area (Å²) in [5.74, 6) is -0.329. The minimum absolute atomic E-state index is 0.210. The van der Waals surface area contributed by atoms with E-state index in [9.17, 15) is 9.59 Å². The number of nitrogens with zero attached hydrogens (tertiary/aromatic N) is 1. The van der Waals surface area contributed by atoms with Gasteiger partial charge in [0.05, 0.1) is 10.2 Å². The molecule has 0 saturated heterocycles. The maximum atomic E-state index is 12.7. The van der Waals surface area contributed by atoms with Crippen LogP contribution in [0.5, 0.6) is 0 Å². The van der Waals surface area contributed by atoms with Gasteiger partial charge in [0.1, 0.15) is 0 Å². The van der Waals surface area contributed by atoms with Crippen molar-refractivity contribution in [3.63, 3.8) is 0 Å². The topological polar surface area (TPSA) is 86.9 Å². The Morgan fingerprint density at radius 1 is 1.04 bits per heavy atom. The van der Waals surface area contributed by atoms with E-state index in [1.54, 1.807) is 24.3 Å². The van der Waals surface area contributed by atoms with Gasteiger partial charge in [-0.1, -0.05) is 38.1 Å². The molecular formula is C21H21BrN4O2. The number of carbonyl (C=O) groups is 2. The minimum Gasteiger partial charge on any atom is -0.322 e. The fourth-order valence-electron chi connectivity index (χ4n) is 2.68. The summed E-state index contributed by atoms with van der Waals surface area (Å²) in [6.07, 6.45) is 0. The normalized spacial score (nSPS) is 10.8. The Morgan fingerprint density at radius 3 is 2.39 bits per heavy atom. The van der Waals surface area contributed by atoms with E-state index < -0.39 is 0 Å². The molecule has 3 aromatic rings. The predicted molar refractivity (Wildman–Crippen MR) is 114 cm³/mol. The van der Waals surface area contributed by atoms with Crippen LogP contribution in [0.2, 0.25) is 0 Å². The molecule has 1 aromatic heterocycles. The van der Waals surface area contributed by atoms with E-state index in [0.29, 0.717) is 27.1 Å². The maximum absolute atomic E-state index is 12.7. The second-order valence-electron chi connectivity index (χ2n) is 6.76. The first-order chi connectivity index (χ1) is 13.4. The molecule has 0 aliphatic rings. The van der Waals surface area contributed by atoms with Crippen LogP contribution in [-0.2, 0) is 0 Å². The molecule has 28 heavy (non-hydrogen) atoms. The minimum atomic E-state index is -0.329. The zero-order valence-corrected chi connectivity index (χ0v) is 17.4. The molecule has 3 N–H and O–H groups in total. The number of halogens is 1. The first-order valence-electron chi connectivity index (χ1n) is 8.89. The van der Waals surface area contributed by atoms with Gasteiger partial charge in [-0.15, -0.1) is 0 Å². The monoisotopic (exact) mass is 440 g/mol. The lowest BCUT2D eigenvalue weighted by Gasteiger charge is -2.11. The summed E-state index contributed by atoms with van der Waals surface area (Å²) in [5.41, 5.74) is 3.81. The Kier molecular flexibility index (Phi) is 5.94. The molecule has 0 fully saturated rings. The van der Waals surface area contributed by atoms with E-state index in [-0.39, 0.29) is 17.7 Å². The molecular weight excluding hydrogens is 420 g/mol. The molecule has 0 aliphatic heterocycles. The van der Waals surface area contributed by atoms with Crippen LogP contribution in [0.25, 0.3) is 0 Å². The number of aromatic amines is 1. The smallest absolute Gasteiger partial charge is 0.277 e. The Labute approximate surface area is 171 Å². The summed E-state index contributed by atoms with van der Waals surface area (Å²) in [7, 11) is 0. The molecule has 1 heterocycles. The van der Waals surface area contributed by atoms with E-state index in [4.69, 9.17) is 0 Å². The lowest BCUT2D eigenvalue weighted by molar-refractivity contribution is 0.101. The SMILES string of the molecule is Cc1ccc(NC(=O)c2ccccc2)cc1NC(=O)c1n[nH]c(C(C)C)c1Br. The first-order valence-corrected chi connectivity index (χ1v) is 9.68. The van der Waals surface area contributed by atoms with Gasteiger partial charge in [0.2, 0.25) is 0 Å². The third-order valence-corrected chi connectivity index (χ3v) is 5.11. The van der Waals surface area contributed by atoms with Crippen LogP contribution in [0.1, 0.15) is 51.9 Å². The number of aryl methyl sites for hydroxylation is 1. The third-order valence-electron chi connectivity index (χ3n) is 4.30. The van der Waals surface area contributed by atoms with Gasteiger partial charge in [-0.05, 0) is 58.6 Å². The van der Waals surface area contributed by atoms with Crippen molar-refractivity contribution in [3.8, 4) is 0 Å². The molecule has 0 saturated carbocycles. The van der Waals surface area contributed by atoms with Crippen LogP contribution >= 0.6 is 15.9 Å². The Balaban J connectivity index is 1.78. The molecule has 0 bridgehead atoms. The maximum Gasteiger partial charge on any atom is 0.277 e. The highest BCUT2D eigenvalue weighted by Crippen LogP contribution is 2.27. The van der Waals surface area contributed by atoms with E-state index in [2.05, 4.69) is 36.8 Å². The molecule has 3 rings (SSSR count). The van der Waals surface area contributed by atoms with Crippen molar-refractivity contribution in [1.29, 1.82) is 0 Å². The number of aromatic nitrogens is 2. The van der Waals surface area contributed by atoms with Crippen LogP contribution in [-0.4, -0.2) is 22.0 Å². The van der Waals surface area contributed by atoms with E-state index in [1.165, 1.54) is 0 Å². The van der Waals surface area contributed by atoms with Gasteiger partial charge in [0, 0.05) is 16.9 Å². The highest BCUT2D eigenvalue weighted by Gasteiger charge is 2.20. The van der Waals surface area contributed by atoms with Crippen LogP contribution < -0.4 is 10.6 Å². The molecule has 0 radical (unpaired) electrons. The number of hydrogen-bond acceptors (Lipinski definition) is 3. The van der Waals surface area contributed by atoms with E-state index in [1.807, 2.05) is 45.0 Å². The van der Waals surface area contributed by atoms with Crippen LogP contribution in [0, 0.1) is 6.92 Å². The number of carbonyl (C=O) groups excluding carboxylic acids is 2.